The molecule has 0 heterocycles. The zero-order valence-corrected chi connectivity index (χ0v) is 61.8. The van der Waals surface area contributed by atoms with E-state index in [1.807, 2.05) is 0 Å². The van der Waals surface area contributed by atoms with Gasteiger partial charge in [0, 0.05) is 25.7 Å². The summed E-state index contributed by atoms with van der Waals surface area (Å²) in [5, 5.41) is 10.6. The lowest BCUT2D eigenvalue weighted by Crippen LogP contribution is -2.30. The van der Waals surface area contributed by atoms with Crippen molar-refractivity contribution in [2.45, 2.75) is 388 Å². The lowest BCUT2D eigenvalue weighted by Gasteiger charge is -2.21. The van der Waals surface area contributed by atoms with Gasteiger partial charge in [-0.3, -0.25) is 37.3 Å². The highest BCUT2D eigenvalue weighted by Crippen LogP contribution is 2.45. The van der Waals surface area contributed by atoms with Gasteiger partial charge in [0.2, 0.25) is 0 Å². The first-order valence-electron chi connectivity index (χ1n) is 37.9. The Morgan fingerprint density at radius 3 is 0.826 bits per heavy atom. The van der Waals surface area contributed by atoms with Crippen molar-refractivity contribution >= 4 is 39.5 Å². The number of rotatable bonds is 71. The van der Waals surface area contributed by atoms with Gasteiger partial charge in [-0.05, 0) is 43.4 Å². The summed E-state index contributed by atoms with van der Waals surface area (Å²) in [4.78, 5) is 72.6. The number of carbonyl (C=O) groups is 4. The number of phosphoric acid groups is 2. The number of esters is 4. The maximum atomic E-state index is 13.1. The van der Waals surface area contributed by atoms with E-state index in [2.05, 4.69) is 48.5 Å². The second-order valence-electron chi connectivity index (χ2n) is 27.5. The molecular formula is C73H142O17P2. The number of unbranched alkanes of at least 4 members (excludes halogenated alkanes) is 38. The van der Waals surface area contributed by atoms with Gasteiger partial charge >= 0.3 is 39.5 Å². The van der Waals surface area contributed by atoms with Crippen molar-refractivity contribution in [1.82, 2.24) is 0 Å². The van der Waals surface area contributed by atoms with E-state index >= 15 is 0 Å². The SMILES string of the molecule is CCCCCCCCCCCC(=O)OC[C@H](COP(=O)(O)OC[C@H](O)COP(=O)(O)OC[C@@H](COC(=O)CCCCCCCCCCCCC(C)C)OC(=O)CCCCCCCCCCCCCCCCC(C)CC)OC(=O)CCCCCCCCCCCC(C)C. The van der Waals surface area contributed by atoms with Gasteiger partial charge in [-0.1, -0.05) is 318 Å². The normalized spacial score (nSPS) is 14.4. The Hall–Kier alpha value is -1.94. The van der Waals surface area contributed by atoms with Gasteiger partial charge in [0.05, 0.1) is 26.4 Å². The average molecular weight is 1350 g/mol. The van der Waals surface area contributed by atoms with Crippen LogP contribution in [0.1, 0.15) is 370 Å². The molecule has 0 aliphatic rings. The summed E-state index contributed by atoms with van der Waals surface area (Å²) in [6.07, 6.45) is 48.5. The van der Waals surface area contributed by atoms with E-state index in [1.54, 1.807) is 0 Å². The molecule has 6 atom stereocenters. The van der Waals surface area contributed by atoms with E-state index in [0.717, 1.165) is 108 Å². The molecule has 3 N–H and O–H groups in total. The second kappa shape index (κ2) is 63.8. The van der Waals surface area contributed by atoms with Gasteiger partial charge in [0.25, 0.3) is 0 Å². The predicted octanol–water partition coefficient (Wildman–Crippen LogP) is 21.0. The summed E-state index contributed by atoms with van der Waals surface area (Å²) in [7, 11) is -9.90. The number of aliphatic hydroxyl groups is 1. The van der Waals surface area contributed by atoms with E-state index in [4.69, 9.17) is 37.0 Å². The van der Waals surface area contributed by atoms with Crippen molar-refractivity contribution in [2.24, 2.45) is 17.8 Å². The van der Waals surface area contributed by atoms with Gasteiger partial charge < -0.3 is 33.8 Å². The van der Waals surface area contributed by atoms with Crippen LogP contribution in [0.15, 0.2) is 0 Å². The molecule has 0 amide bonds. The van der Waals surface area contributed by atoms with Crippen LogP contribution in [-0.4, -0.2) is 96.7 Å². The molecule has 0 saturated heterocycles. The third-order valence-corrected chi connectivity index (χ3v) is 19.1. The largest absolute Gasteiger partial charge is 0.472 e. The molecule has 0 spiro atoms. The van der Waals surface area contributed by atoms with Crippen LogP contribution >= 0.6 is 15.6 Å². The Kier molecular flexibility index (Phi) is 62.4. The summed E-state index contributed by atoms with van der Waals surface area (Å²) >= 11 is 0. The van der Waals surface area contributed by atoms with Crippen molar-refractivity contribution in [2.75, 3.05) is 39.6 Å². The van der Waals surface area contributed by atoms with Crippen LogP contribution in [0.4, 0.5) is 0 Å². The Labute approximate surface area is 562 Å². The molecule has 0 aliphatic carbocycles. The zero-order valence-electron chi connectivity index (χ0n) is 60.0. The molecule has 92 heavy (non-hydrogen) atoms. The monoisotopic (exact) mass is 1350 g/mol. The van der Waals surface area contributed by atoms with Gasteiger partial charge in [-0.2, -0.15) is 0 Å². The summed E-state index contributed by atoms with van der Waals surface area (Å²) in [6, 6.07) is 0. The number of carbonyl (C=O) groups excluding carboxylic acids is 4. The summed E-state index contributed by atoms with van der Waals surface area (Å²) in [6.45, 7) is 11.9. The highest BCUT2D eigenvalue weighted by atomic mass is 31.2. The van der Waals surface area contributed by atoms with Gasteiger partial charge in [-0.25, -0.2) is 9.13 Å². The number of phosphoric ester groups is 2. The van der Waals surface area contributed by atoms with Crippen molar-refractivity contribution < 1.29 is 80.2 Å². The topological polar surface area (TPSA) is 237 Å². The molecule has 19 heteroatoms. The highest BCUT2D eigenvalue weighted by molar-refractivity contribution is 7.47. The molecular weight excluding hydrogens is 1210 g/mol. The molecule has 0 aromatic carbocycles. The standard InChI is InChI=1S/C73H142O17P2/c1-8-10-11-12-13-23-33-40-47-54-70(75)83-60-68(90-73(78)57-50-43-36-29-22-25-31-38-45-52-65(5)6)62-87-91(79,80)85-58-67(74)59-86-92(81,82)88-63-69(61-84-71(76)55-48-41-34-27-21-20-24-30-37-44-51-64(3)4)89-72(77)56-49-42-35-28-19-17-15-14-16-18-26-32-39-46-53-66(7)9-2/h64-69,74H,8-63H2,1-7H3,(H,79,80)(H,81,82)/t66?,67-,68+,69+/m0/s1. The first-order chi connectivity index (χ1) is 44.3. The van der Waals surface area contributed by atoms with E-state index in [9.17, 15) is 43.2 Å². The fraction of sp³-hybridized carbons (Fsp3) is 0.945. The summed E-state index contributed by atoms with van der Waals surface area (Å²) in [5.74, 6) is 0.218. The highest BCUT2D eigenvalue weighted by Gasteiger charge is 2.30. The zero-order chi connectivity index (χ0) is 68.0. The van der Waals surface area contributed by atoms with E-state index in [-0.39, 0.29) is 25.7 Å². The van der Waals surface area contributed by atoms with E-state index in [0.29, 0.717) is 25.7 Å². The van der Waals surface area contributed by atoms with Gasteiger partial charge in [0.1, 0.15) is 19.3 Å². The van der Waals surface area contributed by atoms with Crippen molar-refractivity contribution in [3.8, 4) is 0 Å². The molecule has 0 rings (SSSR count). The van der Waals surface area contributed by atoms with Crippen molar-refractivity contribution in [3.63, 3.8) is 0 Å². The number of hydrogen-bond acceptors (Lipinski definition) is 15. The van der Waals surface area contributed by atoms with Gasteiger partial charge in [-0.15, -0.1) is 0 Å². The van der Waals surface area contributed by atoms with Crippen LogP contribution in [-0.2, 0) is 65.4 Å². The molecule has 546 valence electrons. The molecule has 0 bridgehead atoms. The number of hydrogen-bond donors (Lipinski definition) is 3. The fourth-order valence-electron chi connectivity index (χ4n) is 11.0. The number of aliphatic hydroxyl groups excluding tert-OH is 1. The molecule has 3 unspecified atom stereocenters. The molecule has 0 aliphatic heterocycles. The number of ether oxygens (including phenoxy) is 4. The smallest absolute Gasteiger partial charge is 0.462 e. The van der Waals surface area contributed by atoms with Crippen LogP contribution in [0.3, 0.4) is 0 Å². The first kappa shape index (κ1) is 90.1. The third-order valence-electron chi connectivity index (χ3n) is 17.2. The van der Waals surface area contributed by atoms with Crippen LogP contribution in [0.5, 0.6) is 0 Å². The third kappa shape index (κ3) is 65.4. The molecule has 17 nitrogen and oxygen atoms in total. The van der Waals surface area contributed by atoms with Crippen LogP contribution < -0.4 is 0 Å². The Morgan fingerprint density at radius 2 is 0.554 bits per heavy atom. The Balaban J connectivity index is 5.23. The summed E-state index contributed by atoms with van der Waals surface area (Å²) in [5.41, 5.74) is 0. The van der Waals surface area contributed by atoms with Crippen LogP contribution in [0.25, 0.3) is 0 Å². The van der Waals surface area contributed by atoms with Crippen LogP contribution in [0.2, 0.25) is 0 Å². The molecule has 0 aromatic rings. The van der Waals surface area contributed by atoms with Gasteiger partial charge in [0.15, 0.2) is 12.2 Å². The van der Waals surface area contributed by atoms with E-state index < -0.39 is 97.5 Å². The van der Waals surface area contributed by atoms with Crippen molar-refractivity contribution in [3.05, 3.63) is 0 Å². The Morgan fingerprint density at radius 1 is 0.315 bits per heavy atom. The lowest BCUT2D eigenvalue weighted by molar-refractivity contribution is -0.161. The minimum atomic E-state index is -4.95. The van der Waals surface area contributed by atoms with Crippen LogP contribution in [0, 0.1) is 17.8 Å². The maximum Gasteiger partial charge on any atom is 0.472 e. The minimum Gasteiger partial charge on any atom is -0.462 e. The predicted molar refractivity (Wildman–Crippen MR) is 372 cm³/mol. The van der Waals surface area contributed by atoms with Crippen molar-refractivity contribution in [1.29, 1.82) is 0 Å². The Bertz CT molecular complexity index is 1800. The molecule has 0 saturated carbocycles. The lowest BCUT2D eigenvalue weighted by atomic mass is 9.99. The second-order valence-corrected chi connectivity index (χ2v) is 30.4. The summed E-state index contributed by atoms with van der Waals surface area (Å²) < 4.78 is 68.4. The fourth-order valence-corrected chi connectivity index (χ4v) is 12.6. The minimum absolute atomic E-state index is 0.105. The average Bonchev–Trinajstić information content (AvgIpc) is 3.50. The molecule has 0 aromatic heterocycles. The molecule has 0 radical (unpaired) electrons. The quantitative estimate of drug-likeness (QED) is 0.0222. The maximum absolute atomic E-state index is 13.1. The molecule has 0 fully saturated rings. The first-order valence-corrected chi connectivity index (χ1v) is 40.9. The van der Waals surface area contributed by atoms with E-state index in [1.165, 1.54) is 180 Å².